The third kappa shape index (κ3) is 2.21. The van der Waals surface area contributed by atoms with Crippen LogP contribution in [-0.4, -0.2) is 31.5 Å². The molecule has 1 fully saturated rings. The van der Waals surface area contributed by atoms with Crippen LogP contribution >= 0.6 is 0 Å². The summed E-state index contributed by atoms with van der Waals surface area (Å²) in [7, 11) is 0. The third-order valence-electron chi connectivity index (χ3n) is 2.39. The molecule has 0 spiro atoms. The SMILES string of the molecule is O=C(Cc1ccoc1)C1CNCCN1. The lowest BCUT2D eigenvalue weighted by molar-refractivity contribution is -0.120. The predicted octanol–water partition coefficient (Wildman–Crippen LogP) is -0.0474. The summed E-state index contributed by atoms with van der Waals surface area (Å²) in [5.41, 5.74) is 0.947. The molecule has 1 aromatic rings. The van der Waals surface area contributed by atoms with Gasteiger partial charge in [-0.2, -0.15) is 0 Å². The zero-order chi connectivity index (χ0) is 9.80. The second kappa shape index (κ2) is 4.39. The minimum Gasteiger partial charge on any atom is -0.472 e. The Kier molecular flexibility index (Phi) is 2.96. The van der Waals surface area contributed by atoms with Crippen LogP contribution in [0.5, 0.6) is 0 Å². The number of hydrogen-bond acceptors (Lipinski definition) is 4. The number of ketones is 1. The molecule has 0 radical (unpaired) electrons. The Morgan fingerprint density at radius 2 is 2.50 bits per heavy atom. The van der Waals surface area contributed by atoms with Gasteiger partial charge in [-0.1, -0.05) is 0 Å². The standard InChI is InChI=1S/C10H14N2O2/c13-10(5-8-1-4-14-7-8)9-6-11-2-3-12-9/h1,4,7,9,11-12H,2-3,5-6H2. The number of piperazine rings is 1. The van der Waals surface area contributed by atoms with Gasteiger partial charge in [-0.05, 0) is 11.6 Å². The van der Waals surface area contributed by atoms with Gasteiger partial charge in [0.25, 0.3) is 0 Å². The molecular formula is C10H14N2O2. The number of carbonyl (C=O) groups excluding carboxylic acids is 1. The maximum absolute atomic E-state index is 11.7. The van der Waals surface area contributed by atoms with E-state index in [4.69, 9.17) is 4.42 Å². The molecule has 1 aliphatic rings. The molecule has 0 aromatic carbocycles. The fraction of sp³-hybridized carbons (Fsp3) is 0.500. The van der Waals surface area contributed by atoms with Crippen molar-refractivity contribution in [2.45, 2.75) is 12.5 Å². The lowest BCUT2D eigenvalue weighted by Gasteiger charge is -2.22. The molecule has 14 heavy (non-hydrogen) atoms. The monoisotopic (exact) mass is 194 g/mol. The topological polar surface area (TPSA) is 54.3 Å². The Hall–Kier alpha value is -1.13. The highest BCUT2D eigenvalue weighted by Crippen LogP contribution is 2.03. The molecule has 0 bridgehead atoms. The first kappa shape index (κ1) is 9.43. The molecule has 4 nitrogen and oxygen atoms in total. The number of hydrogen-bond donors (Lipinski definition) is 2. The van der Waals surface area contributed by atoms with E-state index in [1.54, 1.807) is 12.5 Å². The van der Waals surface area contributed by atoms with Gasteiger partial charge in [0.1, 0.15) is 0 Å². The van der Waals surface area contributed by atoms with Gasteiger partial charge in [0.2, 0.25) is 0 Å². The van der Waals surface area contributed by atoms with Crippen molar-refractivity contribution < 1.29 is 9.21 Å². The fourth-order valence-electron chi connectivity index (χ4n) is 1.60. The average Bonchev–Trinajstić information content (AvgIpc) is 2.72. The van der Waals surface area contributed by atoms with Gasteiger partial charge in [-0.25, -0.2) is 0 Å². The van der Waals surface area contributed by atoms with Crippen molar-refractivity contribution in [3.63, 3.8) is 0 Å². The van der Waals surface area contributed by atoms with E-state index in [9.17, 15) is 4.79 Å². The molecule has 2 heterocycles. The molecule has 4 heteroatoms. The van der Waals surface area contributed by atoms with E-state index in [2.05, 4.69) is 10.6 Å². The van der Waals surface area contributed by atoms with Crippen molar-refractivity contribution in [1.82, 2.24) is 10.6 Å². The van der Waals surface area contributed by atoms with E-state index >= 15 is 0 Å². The zero-order valence-corrected chi connectivity index (χ0v) is 7.95. The van der Waals surface area contributed by atoms with Crippen LogP contribution < -0.4 is 10.6 Å². The first-order valence-electron chi connectivity index (χ1n) is 4.84. The summed E-state index contributed by atoms with van der Waals surface area (Å²) in [5, 5.41) is 6.38. The Balaban J connectivity index is 1.88. The van der Waals surface area contributed by atoms with Gasteiger partial charge in [0.05, 0.1) is 18.6 Å². The summed E-state index contributed by atoms with van der Waals surface area (Å²) in [6.07, 6.45) is 3.67. The molecule has 1 unspecified atom stereocenters. The van der Waals surface area contributed by atoms with Gasteiger partial charge < -0.3 is 15.1 Å². The van der Waals surface area contributed by atoms with Crippen LogP contribution in [0.1, 0.15) is 5.56 Å². The summed E-state index contributed by atoms with van der Waals surface area (Å²) in [6, 6.07) is 1.78. The molecule has 1 aromatic heterocycles. The lowest BCUT2D eigenvalue weighted by atomic mass is 10.1. The van der Waals surface area contributed by atoms with Gasteiger partial charge in [0.15, 0.2) is 5.78 Å². The van der Waals surface area contributed by atoms with Crippen LogP contribution in [0.15, 0.2) is 23.0 Å². The van der Waals surface area contributed by atoms with Gasteiger partial charge in [0, 0.05) is 26.1 Å². The van der Waals surface area contributed by atoms with Crippen molar-refractivity contribution in [2.75, 3.05) is 19.6 Å². The lowest BCUT2D eigenvalue weighted by Crippen LogP contribution is -2.52. The molecular weight excluding hydrogens is 180 g/mol. The van der Waals surface area contributed by atoms with Crippen LogP contribution in [0.4, 0.5) is 0 Å². The molecule has 76 valence electrons. The van der Waals surface area contributed by atoms with Crippen LogP contribution in [0, 0.1) is 0 Å². The number of rotatable bonds is 3. The molecule has 2 N–H and O–H groups in total. The van der Waals surface area contributed by atoms with Crippen LogP contribution in [0.2, 0.25) is 0 Å². The van der Waals surface area contributed by atoms with Crippen LogP contribution in [0.3, 0.4) is 0 Å². The second-order valence-electron chi connectivity index (χ2n) is 3.49. The maximum Gasteiger partial charge on any atom is 0.155 e. The number of carbonyl (C=O) groups is 1. The number of Topliss-reactive ketones (excluding diaryl/α,β-unsaturated/α-hetero) is 1. The van der Waals surface area contributed by atoms with Crippen LogP contribution in [-0.2, 0) is 11.2 Å². The summed E-state index contributed by atoms with van der Waals surface area (Å²) < 4.78 is 4.91. The highest BCUT2D eigenvalue weighted by atomic mass is 16.3. The van der Waals surface area contributed by atoms with Crippen molar-refractivity contribution >= 4 is 5.78 Å². The summed E-state index contributed by atoms with van der Waals surface area (Å²) in [6.45, 7) is 2.54. The summed E-state index contributed by atoms with van der Waals surface area (Å²) >= 11 is 0. The average molecular weight is 194 g/mol. The molecule has 2 rings (SSSR count). The third-order valence-corrected chi connectivity index (χ3v) is 2.39. The van der Waals surface area contributed by atoms with E-state index in [1.165, 1.54) is 0 Å². The predicted molar refractivity (Wildman–Crippen MR) is 52.1 cm³/mol. The van der Waals surface area contributed by atoms with Crippen LogP contribution in [0.25, 0.3) is 0 Å². The molecule has 1 saturated heterocycles. The highest BCUT2D eigenvalue weighted by Gasteiger charge is 2.20. The first-order chi connectivity index (χ1) is 6.86. The zero-order valence-electron chi connectivity index (χ0n) is 7.95. The van der Waals surface area contributed by atoms with Crippen molar-refractivity contribution in [3.8, 4) is 0 Å². The van der Waals surface area contributed by atoms with E-state index in [1.807, 2.05) is 6.07 Å². The normalized spacial score (nSPS) is 22.1. The van der Waals surface area contributed by atoms with E-state index in [-0.39, 0.29) is 11.8 Å². The van der Waals surface area contributed by atoms with Crippen molar-refractivity contribution in [3.05, 3.63) is 24.2 Å². The van der Waals surface area contributed by atoms with E-state index in [0.717, 1.165) is 25.2 Å². The Bertz CT molecular complexity index is 289. The molecule has 0 saturated carbocycles. The van der Waals surface area contributed by atoms with Crippen molar-refractivity contribution in [2.24, 2.45) is 0 Å². The Labute approximate surface area is 82.7 Å². The van der Waals surface area contributed by atoms with Crippen molar-refractivity contribution in [1.29, 1.82) is 0 Å². The van der Waals surface area contributed by atoms with E-state index < -0.39 is 0 Å². The Morgan fingerprint density at radius 3 is 3.14 bits per heavy atom. The van der Waals surface area contributed by atoms with Gasteiger partial charge in [-0.15, -0.1) is 0 Å². The number of furan rings is 1. The smallest absolute Gasteiger partial charge is 0.155 e. The summed E-state index contributed by atoms with van der Waals surface area (Å²) in [5.74, 6) is 0.221. The maximum atomic E-state index is 11.7. The molecule has 1 atom stereocenters. The summed E-state index contributed by atoms with van der Waals surface area (Å²) in [4.78, 5) is 11.7. The van der Waals surface area contributed by atoms with Gasteiger partial charge in [-0.3, -0.25) is 4.79 Å². The number of nitrogens with one attached hydrogen (secondary N) is 2. The molecule has 0 amide bonds. The fourth-order valence-corrected chi connectivity index (χ4v) is 1.60. The minimum atomic E-state index is -0.0429. The van der Waals surface area contributed by atoms with Gasteiger partial charge >= 0.3 is 0 Å². The minimum absolute atomic E-state index is 0.0429. The largest absolute Gasteiger partial charge is 0.472 e. The molecule has 1 aliphatic heterocycles. The Morgan fingerprint density at radius 1 is 1.57 bits per heavy atom. The second-order valence-corrected chi connectivity index (χ2v) is 3.49. The quantitative estimate of drug-likeness (QED) is 0.708. The van der Waals surface area contributed by atoms with E-state index in [0.29, 0.717) is 6.42 Å². The molecule has 0 aliphatic carbocycles. The highest BCUT2D eigenvalue weighted by molar-refractivity contribution is 5.86. The first-order valence-corrected chi connectivity index (χ1v) is 4.84.